The molecule has 102 valence electrons. The van der Waals surface area contributed by atoms with Crippen LogP contribution in [0.5, 0.6) is 0 Å². The normalized spacial score (nSPS) is 27.7. The lowest BCUT2D eigenvalue weighted by Crippen LogP contribution is -2.25. The molecule has 0 saturated carbocycles. The molecule has 2 rings (SSSR count). The van der Waals surface area contributed by atoms with Gasteiger partial charge in [-0.25, -0.2) is 0 Å². The van der Waals surface area contributed by atoms with Gasteiger partial charge in [0.05, 0.1) is 11.5 Å². The van der Waals surface area contributed by atoms with Crippen molar-refractivity contribution in [2.45, 2.75) is 52.1 Å². The summed E-state index contributed by atoms with van der Waals surface area (Å²) in [5, 5.41) is 0. The molecule has 0 fully saturated rings. The third-order valence-corrected chi connectivity index (χ3v) is 4.85. The van der Waals surface area contributed by atoms with Gasteiger partial charge in [0.2, 0.25) is 16.6 Å². The van der Waals surface area contributed by atoms with Crippen LogP contribution in [-0.4, -0.2) is 16.6 Å². The van der Waals surface area contributed by atoms with Crippen LogP contribution in [0.15, 0.2) is 23.7 Å². The zero-order chi connectivity index (χ0) is 13.6. The first-order chi connectivity index (χ1) is 8.12. The SMILES string of the molecule is C[Si](C)(C)OC1=C[C@H]2CC(O[Si](C)(C)C)=C[C@H]2C1. The quantitative estimate of drug-likeness (QED) is 0.707. The Morgan fingerprint density at radius 1 is 0.778 bits per heavy atom. The van der Waals surface area contributed by atoms with E-state index in [2.05, 4.69) is 51.4 Å². The van der Waals surface area contributed by atoms with Gasteiger partial charge in [0.25, 0.3) is 0 Å². The van der Waals surface area contributed by atoms with Crippen LogP contribution in [0, 0.1) is 11.8 Å². The number of allylic oxidation sites excluding steroid dienone is 4. The molecule has 0 amide bonds. The van der Waals surface area contributed by atoms with E-state index in [1.54, 1.807) is 0 Å². The lowest BCUT2D eigenvalue weighted by atomic mass is 10.00. The van der Waals surface area contributed by atoms with Gasteiger partial charge in [0.1, 0.15) is 0 Å². The van der Waals surface area contributed by atoms with Crippen LogP contribution in [0.4, 0.5) is 0 Å². The molecular formula is C14H26O2Si2. The summed E-state index contributed by atoms with van der Waals surface area (Å²) >= 11 is 0. The molecule has 18 heavy (non-hydrogen) atoms. The second-order valence-corrected chi connectivity index (χ2v) is 16.3. The van der Waals surface area contributed by atoms with Crippen LogP contribution in [0.3, 0.4) is 0 Å². The van der Waals surface area contributed by atoms with Crippen LogP contribution >= 0.6 is 0 Å². The molecule has 0 spiro atoms. The van der Waals surface area contributed by atoms with E-state index in [-0.39, 0.29) is 0 Å². The second kappa shape index (κ2) is 4.56. The molecule has 0 saturated heterocycles. The molecule has 4 heteroatoms. The van der Waals surface area contributed by atoms with Crippen molar-refractivity contribution in [2.75, 3.05) is 0 Å². The Morgan fingerprint density at radius 2 is 1.11 bits per heavy atom. The summed E-state index contributed by atoms with van der Waals surface area (Å²) in [6, 6.07) is 0. The first kappa shape index (κ1) is 13.9. The Bertz CT molecular complexity index is 348. The van der Waals surface area contributed by atoms with E-state index in [4.69, 9.17) is 8.85 Å². The highest BCUT2D eigenvalue weighted by Gasteiger charge is 2.35. The molecule has 0 unspecified atom stereocenters. The van der Waals surface area contributed by atoms with Crippen molar-refractivity contribution in [3.8, 4) is 0 Å². The smallest absolute Gasteiger partial charge is 0.241 e. The molecule has 0 N–H and O–H groups in total. The number of rotatable bonds is 4. The highest BCUT2D eigenvalue weighted by Crippen LogP contribution is 2.43. The predicted octanol–water partition coefficient (Wildman–Crippen LogP) is 4.50. The average Bonchev–Trinajstić information content (AvgIpc) is 2.53. The van der Waals surface area contributed by atoms with Crippen LogP contribution in [0.2, 0.25) is 39.3 Å². The lowest BCUT2D eigenvalue weighted by Gasteiger charge is -2.21. The van der Waals surface area contributed by atoms with Crippen molar-refractivity contribution in [1.82, 2.24) is 0 Å². The van der Waals surface area contributed by atoms with Gasteiger partial charge < -0.3 is 8.85 Å². The Kier molecular flexibility index (Phi) is 3.53. The summed E-state index contributed by atoms with van der Waals surface area (Å²) in [7, 11) is -2.88. The lowest BCUT2D eigenvalue weighted by molar-refractivity contribution is 0.393. The fraction of sp³-hybridized carbons (Fsp3) is 0.714. The molecule has 0 aromatic heterocycles. The molecule has 2 atom stereocenters. The minimum absolute atomic E-state index is 0.627. The zero-order valence-electron chi connectivity index (χ0n) is 12.5. The maximum absolute atomic E-state index is 6.11. The van der Waals surface area contributed by atoms with E-state index in [0.29, 0.717) is 11.8 Å². The summed E-state index contributed by atoms with van der Waals surface area (Å²) < 4.78 is 12.2. The maximum Gasteiger partial charge on any atom is 0.241 e. The van der Waals surface area contributed by atoms with Gasteiger partial charge in [-0.1, -0.05) is 0 Å². The molecule has 0 aliphatic heterocycles. The Labute approximate surface area is 113 Å². The fourth-order valence-corrected chi connectivity index (χ4v) is 4.56. The van der Waals surface area contributed by atoms with Crippen LogP contribution in [0.1, 0.15) is 12.8 Å². The molecule has 0 bridgehead atoms. The summed E-state index contributed by atoms with van der Waals surface area (Å²) in [6.07, 6.45) is 6.85. The van der Waals surface area contributed by atoms with Crippen molar-refractivity contribution in [3.05, 3.63) is 23.7 Å². The fourth-order valence-electron chi connectivity index (χ4n) is 2.68. The summed E-state index contributed by atoms with van der Waals surface area (Å²) in [4.78, 5) is 0. The van der Waals surface area contributed by atoms with Gasteiger partial charge in [0.15, 0.2) is 0 Å². The molecule has 0 radical (unpaired) electrons. The standard InChI is InChI=1S/C14H26O2Si2/c1-17(2,3)15-13-7-11-9-14(10-12(11)8-13)16-18(4,5)6/h7,10-12H,8-9H2,1-6H3/t11-,12+/m0/s1. The Morgan fingerprint density at radius 3 is 1.39 bits per heavy atom. The highest BCUT2D eigenvalue weighted by molar-refractivity contribution is 6.70. The third kappa shape index (κ3) is 3.75. The van der Waals surface area contributed by atoms with Crippen LogP contribution in [0.25, 0.3) is 0 Å². The van der Waals surface area contributed by atoms with Gasteiger partial charge >= 0.3 is 0 Å². The predicted molar refractivity (Wildman–Crippen MR) is 81.2 cm³/mol. The van der Waals surface area contributed by atoms with Gasteiger partial charge in [0, 0.05) is 12.8 Å². The van der Waals surface area contributed by atoms with Crippen molar-refractivity contribution in [1.29, 1.82) is 0 Å². The van der Waals surface area contributed by atoms with Crippen molar-refractivity contribution in [3.63, 3.8) is 0 Å². The number of fused-ring (bicyclic) bond motifs is 1. The summed E-state index contributed by atoms with van der Waals surface area (Å²) in [6.45, 7) is 13.5. The summed E-state index contributed by atoms with van der Waals surface area (Å²) in [5.41, 5.74) is 0. The molecule has 0 heterocycles. The van der Waals surface area contributed by atoms with Gasteiger partial charge in [-0.15, -0.1) is 0 Å². The monoisotopic (exact) mass is 282 g/mol. The molecule has 2 aliphatic rings. The van der Waals surface area contributed by atoms with E-state index in [1.165, 1.54) is 11.5 Å². The molecule has 2 aliphatic carbocycles. The summed E-state index contributed by atoms with van der Waals surface area (Å²) in [5.74, 6) is 3.71. The van der Waals surface area contributed by atoms with Gasteiger partial charge in [-0.3, -0.25) is 0 Å². The van der Waals surface area contributed by atoms with Gasteiger partial charge in [-0.2, -0.15) is 0 Å². The number of hydrogen-bond acceptors (Lipinski definition) is 2. The first-order valence-electron chi connectivity index (χ1n) is 6.92. The van der Waals surface area contributed by atoms with E-state index in [1.807, 2.05) is 0 Å². The van der Waals surface area contributed by atoms with Crippen molar-refractivity contribution >= 4 is 16.6 Å². The van der Waals surface area contributed by atoms with Crippen LogP contribution in [-0.2, 0) is 8.85 Å². The topological polar surface area (TPSA) is 18.5 Å². The first-order valence-corrected chi connectivity index (χ1v) is 13.7. The Hall–Kier alpha value is -0.486. The van der Waals surface area contributed by atoms with E-state index < -0.39 is 16.6 Å². The zero-order valence-corrected chi connectivity index (χ0v) is 14.5. The van der Waals surface area contributed by atoms with Crippen molar-refractivity contribution < 1.29 is 8.85 Å². The molecular weight excluding hydrogens is 256 g/mol. The third-order valence-electron chi connectivity index (χ3n) is 3.10. The minimum atomic E-state index is -1.44. The largest absolute Gasteiger partial charge is 0.548 e. The average molecular weight is 283 g/mol. The van der Waals surface area contributed by atoms with E-state index >= 15 is 0 Å². The highest BCUT2D eigenvalue weighted by atomic mass is 28.4. The minimum Gasteiger partial charge on any atom is -0.548 e. The van der Waals surface area contributed by atoms with E-state index in [9.17, 15) is 0 Å². The van der Waals surface area contributed by atoms with Crippen LogP contribution < -0.4 is 0 Å². The van der Waals surface area contributed by atoms with E-state index in [0.717, 1.165) is 12.8 Å². The van der Waals surface area contributed by atoms with Gasteiger partial charge in [-0.05, 0) is 63.3 Å². The second-order valence-electron chi connectivity index (χ2n) is 7.43. The number of hydrogen-bond donors (Lipinski definition) is 0. The molecule has 2 nitrogen and oxygen atoms in total. The maximum atomic E-state index is 6.11. The molecule has 0 aromatic carbocycles. The van der Waals surface area contributed by atoms with Crippen molar-refractivity contribution in [2.24, 2.45) is 11.8 Å². The molecule has 0 aromatic rings. The Balaban J connectivity index is 1.93.